The molecule has 1 rings (SSSR count). The summed E-state index contributed by atoms with van der Waals surface area (Å²) in [7, 11) is 1.77. The standard InChI is InChI=1S/C12H25NOS/c1-10(5-6-14-4)13-11-7-12(2,3)9-15-8-11/h10-11,13H,5-9H2,1-4H3. The van der Waals surface area contributed by atoms with Crippen molar-refractivity contribution in [2.24, 2.45) is 5.41 Å². The Bertz CT molecular complexity index is 184. The maximum absolute atomic E-state index is 5.10. The van der Waals surface area contributed by atoms with Crippen molar-refractivity contribution in [1.82, 2.24) is 5.32 Å². The van der Waals surface area contributed by atoms with Crippen LogP contribution in [0.4, 0.5) is 0 Å². The normalized spacial score (nSPS) is 27.6. The summed E-state index contributed by atoms with van der Waals surface area (Å²) in [6.07, 6.45) is 2.41. The van der Waals surface area contributed by atoms with E-state index in [0.29, 0.717) is 17.5 Å². The van der Waals surface area contributed by atoms with Gasteiger partial charge in [0.2, 0.25) is 0 Å². The van der Waals surface area contributed by atoms with Crippen molar-refractivity contribution in [1.29, 1.82) is 0 Å². The van der Waals surface area contributed by atoms with E-state index in [1.807, 2.05) is 0 Å². The molecule has 2 atom stereocenters. The van der Waals surface area contributed by atoms with E-state index in [-0.39, 0.29) is 0 Å². The second-order valence-corrected chi connectivity index (χ2v) is 6.46. The van der Waals surface area contributed by atoms with Crippen LogP contribution in [0.1, 0.15) is 33.6 Å². The van der Waals surface area contributed by atoms with Crippen molar-refractivity contribution in [3.05, 3.63) is 0 Å². The fourth-order valence-corrected chi connectivity index (χ4v) is 3.44. The molecule has 1 fully saturated rings. The smallest absolute Gasteiger partial charge is 0.0476 e. The van der Waals surface area contributed by atoms with E-state index in [0.717, 1.165) is 13.0 Å². The Kier molecular flexibility index (Phi) is 5.44. The summed E-state index contributed by atoms with van der Waals surface area (Å²) >= 11 is 2.08. The molecule has 0 spiro atoms. The Morgan fingerprint density at radius 3 is 2.87 bits per heavy atom. The minimum absolute atomic E-state index is 0.502. The topological polar surface area (TPSA) is 21.3 Å². The monoisotopic (exact) mass is 231 g/mol. The summed E-state index contributed by atoms with van der Waals surface area (Å²) in [5.74, 6) is 2.57. The van der Waals surface area contributed by atoms with Gasteiger partial charge in [0.1, 0.15) is 0 Å². The lowest BCUT2D eigenvalue weighted by atomic mass is 9.87. The zero-order valence-electron chi connectivity index (χ0n) is 10.5. The SMILES string of the molecule is COCCC(C)NC1CSCC(C)(C)C1. The zero-order chi connectivity index (χ0) is 11.3. The molecule has 90 valence electrons. The van der Waals surface area contributed by atoms with Gasteiger partial charge in [-0.05, 0) is 30.9 Å². The lowest BCUT2D eigenvalue weighted by molar-refractivity contribution is 0.180. The minimum atomic E-state index is 0.502. The zero-order valence-corrected chi connectivity index (χ0v) is 11.3. The first-order chi connectivity index (χ1) is 7.03. The van der Waals surface area contributed by atoms with Crippen LogP contribution in [0.3, 0.4) is 0 Å². The molecule has 15 heavy (non-hydrogen) atoms. The summed E-state index contributed by atoms with van der Waals surface area (Å²) in [5.41, 5.74) is 0.502. The first-order valence-electron chi connectivity index (χ1n) is 5.86. The molecule has 1 saturated heterocycles. The highest BCUT2D eigenvalue weighted by atomic mass is 32.2. The summed E-state index contributed by atoms with van der Waals surface area (Å²) in [6.45, 7) is 7.85. The predicted molar refractivity (Wildman–Crippen MR) is 68.6 cm³/mol. The number of thioether (sulfide) groups is 1. The fraction of sp³-hybridized carbons (Fsp3) is 1.00. The maximum atomic E-state index is 5.10. The highest BCUT2D eigenvalue weighted by Crippen LogP contribution is 2.33. The van der Waals surface area contributed by atoms with E-state index in [2.05, 4.69) is 37.8 Å². The van der Waals surface area contributed by atoms with Gasteiger partial charge in [0.15, 0.2) is 0 Å². The Balaban J connectivity index is 2.25. The third-order valence-corrected chi connectivity index (χ3v) is 4.51. The van der Waals surface area contributed by atoms with Crippen molar-refractivity contribution in [2.75, 3.05) is 25.2 Å². The van der Waals surface area contributed by atoms with Crippen molar-refractivity contribution < 1.29 is 4.74 Å². The Morgan fingerprint density at radius 1 is 1.53 bits per heavy atom. The molecule has 2 unspecified atom stereocenters. The molecule has 1 aliphatic rings. The van der Waals surface area contributed by atoms with Gasteiger partial charge in [0.05, 0.1) is 0 Å². The first kappa shape index (κ1) is 13.3. The van der Waals surface area contributed by atoms with Gasteiger partial charge in [-0.2, -0.15) is 11.8 Å². The summed E-state index contributed by atoms with van der Waals surface area (Å²) in [5, 5.41) is 3.71. The van der Waals surface area contributed by atoms with E-state index < -0.39 is 0 Å². The van der Waals surface area contributed by atoms with Crippen LogP contribution in [0.5, 0.6) is 0 Å². The summed E-state index contributed by atoms with van der Waals surface area (Å²) < 4.78 is 5.10. The Labute approximate surface area is 98.5 Å². The third kappa shape index (κ3) is 5.23. The van der Waals surface area contributed by atoms with Crippen LogP contribution < -0.4 is 5.32 Å². The van der Waals surface area contributed by atoms with Crippen LogP contribution in [0.15, 0.2) is 0 Å². The van der Waals surface area contributed by atoms with Gasteiger partial charge < -0.3 is 10.1 Å². The van der Waals surface area contributed by atoms with Gasteiger partial charge in [-0.1, -0.05) is 13.8 Å². The average Bonchev–Trinajstić information content (AvgIpc) is 2.13. The Hall–Kier alpha value is 0.270. The number of hydrogen-bond acceptors (Lipinski definition) is 3. The van der Waals surface area contributed by atoms with Crippen LogP contribution >= 0.6 is 11.8 Å². The molecular weight excluding hydrogens is 206 g/mol. The quantitative estimate of drug-likeness (QED) is 0.785. The molecule has 1 heterocycles. The molecule has 0 aromatic rings. The van der Waals surface area contributed by atoms with Gasteiger partial charge in [-0.3, -0.25) is 0 Å². The number of hydrogen-bond donors (Lipinski definition) is 1. The van der Waals surface area contributed by atoms with Crippen molar-refractivity contribution in [3.8, 4) is 0 Å². The van der Waals surface area contributed by atoms with Crippen LogP contribution in [0.25, 0.3) is 0 Å². The van der Waals surface area contributed by atoms with Crippen LogP contribution in [-0.4, -0.2) is 37.3 Å². The molecule has 2 nitrogen and oxygen atoms in total. The summed E-state index contributed by atoms with van der Waals surface area (Å²) in [4.78, 5) is 0. The van der Waals surface area contributed by atoms with Crippen molar-refractivity contribution in [2.45, 2.75) is 45.7 Å². The minimum Gasteiger partial charge on any atom is -0.385 e. The highest BCUT2D eigenvalue weighted by molar-refractivity contribution is 7.99. The largest absolute Gasteiger partial charge is 0.385 e. The van der Waals surface area contributed by atoms with Gasteiger partial charge in [0, 0.05) is 31.6 Å². The highest BCUT2D eigenvalue weighted by Gasteiger charge is 2.28. The second kappa shape index (κ2) is 6.12. The fourth-order valence-electron chi connectivity index (χ4n) is 2.15. The molecule has 3 heteroatoms. The Morgan fingerprint density at radius 2 is 2.27 bits per heavy atom. The lowest BCUT2D eigenvalue weighted by Crippen LogP contribution is -2.44. The van der Waals surface area contributed by atoms with Crippen molar-refractivity contribution in [3.63, 3.8) is 0 Å². The van der Waals surface area contributed by atoms with E-state index in [4.69, 9.17) is 4.74 Å². The van der Waals surface area contributed by atoms with Gasteiger partial charge >= 0.3 is 0 Å². The molecule has 0 amide bonds. The molecule has 0 aromatic heterocycles. The van der Waals surface area contributed by atoms with Crippen LogP contribution in [-0.2, 0) is 4.74 Å². The van der Waals surface area contributed by atoms with E-state index in [1.165, 1.54) is 17.9 Å². The third-order valence-electron chi connectivity index (χ3n) is 2.89. The number of ether oxygens (including phenoxy) is 1. The average molecular weight is 231 g/mol. The number of methoxy groups -OCH3 is 1. The number of nitrogens with one attached hydrogen (secondary N) is 1. The molecular formula is C12H25NOS. The lowest BCUT2D eigenvalue weighted by Gasteiger charge is -2.36. The van der Waals surface area contributed by atoms with Crippen LogP contribution in [0, 0.1) is 5.41 Å². The molecule has 0 aliphatic carbocycles. The van der Waals surface area contributed by atoms with E-state index in [9.17, 15) is 0 Å². The maximum Gasteiger partial charge on any atom is 0.0476 e. The van der Waals surface area contributed by atoms with Crippen molar-refractivity contribution >= 4 is 11.8 Å². The first-order valence-corrected chi connectivity index (χ1v) is 7.02. The molecule has 1 aliphatic heterocycles. The van der Waals surface area contributed by atoms with Crippen LogP contribution in [0.2, 0.25) is 0 Å². The molecule has 0 radical (unpaired) electrons. The summed E-state index contributed by atoms with van der Waals surface area (Å²) in [6, 6.07) is 1.26. The molecule has 1 N–H and O–H groups in total. The number of rotatable bonds is 5. The van der Waals surface area contributed by atoms with Gasteiger partial charge in [-0.25, -0.2) is 0 Å². The van der Waals surface area contributed by atoms with Gasteiger partial charge in [-0.15, -0.1) is 0 Å². The van der Waals surface area contributed by atoms with E-state index >= 15 is 0 Å². The molecule has 0 bridgehead atoms. The predicted octanol–water partition coefficient (Wildman–Crippen LogP) is 2.53. The molecule has 0 saturated carbocycles. The second-order valence-electron chi connectivity index (χ2n) is 5.43. The molecule has 0 aromatic carbocycles. The van der Waals surface area contributed by atoms with Gasteiger partial charge in [0.25, 0.3) is 0 Å². The van der Waals surface area contributed by atoms with E-state index in [1.54, 1.807) is 7.11 Å².